The number of carbonyl (C=O) groups is 1. The Labute approximate surface area is 179 Å². The number of benzene rings is 2. The van der Waals surface area contributed by atoms with E-state index in [1.807, 2.05) is 47.9 Å². The third-order valence-corrected chi connectivity index (χ3v) is 5.13. The first-order valence-electron chi connectivity index (χ1n) is 9.44. The lowest BCUT2D eigenvalue weighted by Gasteiger charge is -2.13. The molecule has 0 aliphatic heterocycles. The molecule has 2 aromatic carbocycles. The van der Waals surface area contributed by atoms with Crippen LogP contribution in [0.2, 0.25) is 5.02 Å². The summed E-state index contributed by atoms with van der Waals surface area (Å²) < 4.78 is 15.8. The van der Waals surface area contributed by atoms with Crippen molar-refractivity contribution in [1.29, 1.82) is 0 Å². The van der Waals surface area contributed by atoms with E-state index in [1.54, 1.807) is 30.6 Å². The topological polar surface area (TPSA) is 46.9 Å². The molecule has 6 heteroatoms. The summed E-state index contributed by atoms with van der Waals surface area (Å²) in [6.45, 7) is 2.22. The number of aromatic nitrogens is 2. The summed E-state index contributed by atoms with van der Waals surface area (Å²) in [6.07, 6.45) is 3.40. The first-order chi connectivity index (χ1) is 14.5. The molecule has 0 aliphatic rings. The second-order valence-corrected chi connectivity index (χ2v) is 7.33. The van der Waals surface area contributed by atoms with E-state index in [0.717, 1.165) is 16.8 Å². The fourth-order valence-corrected chi connectivity index (χ4v) is 3.52. The molecule has 0 bridgehead atoms. The molecule has 0 unspecified atom stereocenters. The summed E-state index contributed by atoms with van der Waals surface area (Å²) in [4.78, 5) is 17.0. The van der Waals surface area contributed by atoms with Gasteiger partial charge < -0.3 is 9.88 Å². The van der Waals surface area contributed by atoms with Gasteiger partial charge in [0.05, 0.1) is 11.3 Å². The Morgan fingerprint density at radius 2 is 1.90 bits per heavy atom. The molecule has 0 saturated heterocycles. The first-order valence-corrected chi connectivity index (χ1v) is 9.82. The molecule has 0 aliphatic carbocycles. The van der Waals surface area contributed by atoms with E-state index < -0.39 is 0 Å². The van der Waals surface area contributed by atoms with Crippen LogP contribution < -0.4 is 5.32 Å². The predicted octanol–water partition coefficient (Wildman–Crippen LogP) is 5.57. The predicted molar refractivity (Wildman–Crippen MR) is 116 cm³/mol. The zero-order valence-electron chi connectivity index (χ0n) is 16.3. The van der Waals surface area contributed by atoms with Gasteiger partial charge in [0.25, 0.3) is 5.91 Å². The Morgan fingerprint density at radius 1 is 1.10 bits per heavy atom. The Balaban J connectivity index is 1.75. The second kappa shape index (κ2) is 8.51. The molecule has 2 heterocycles. The van der Waals surface area contributed by atoms with Crippen molar-refractivity contribution < 1.29 is 9.18 Å². The second-order valence-electron chi connectivity index (χ2n) is 6.89. The largest absolute Gasteiger partial charge is 0.348 e. The van der Waals surface area contributed by atoms with Crippen LogP contribution in [0, 0.1) is 12.7 Å². The molecule has 4 nitrogen and oxygen atoms in total. The number of halogens is 2. The first kappa shape index (κ1) is 19.9. The van der Waals surface area contributed by atoms with E-state index >= 15 is 0 Å². The smallest absolute Gasteiger partial charge is 0.253 e. The van der Waals surface area contributed by atoms with Gasteiger partial charge in [-0.05, 0) is 60.5 Å². The van der Waals surface area contributed by atoms with Gasteiger partial charge in [0.2, 0.25) is 0 Å². The average Bonchev–Trinajstić information content (AvgIpc) is 3.10. The Bertz CT molecular complexity index is 1190. The summed E-state index contributed by atoms with van der Waals surface area (Å²) in [5.41, 5.74) is 4.44. The van der Waals surface area contributed by atoms with Crippen molar-refractivity contribution in [2.24, 2.45) is 0 Å². The molecular formula is C24H19ClFN3O. The van der Waals surface area contributed by atoms with Crippen LogP contribution in [-0.4, -0.2) is 15.5 Å². The summed E-state index contributed by atoms with van der Waals surface area (Å²) in [5, 5.41) is 3.55. The number of hydrogen-bond acceptors (Lipinski definition) is 2. The quantitative estimate of drug-likeness (QED) is 0.459. The van der Waals surface area contributed by atoms with Crippen molar-refractivity contribution in [2.45, 2.75) is 13.5 Å². The standard InChI is InChI=1S/C24H19ClFN3O/c1-16-22(24(30)28-15-17-4-3-11-27-14-17)13-23(18-7-9-19(25)10-8-18)29(16)21-6-2-5-20(26)12-21/h2-14H,15H2,1H3,(H,28,30). The molecule has 0 saturated carbocycles. The highest BCUT2D eigenvalue weighted by Gasteiger charge is 2.20. The van der Waals surface area contributed by atoms with Crippen molar-refractivity contribution in [2.75, 3.05) is 0 Å². The summed E-state index contributed by atoms with van der Waals surface area (Å²) in [6, 6.07) is 19.2. The van der Waals surface area contributed by atoms with Crippen LogP contribution >= 0.6 is 11.6 Å². The summed E-state index contributed by atoms with van der Waals surface area (Å²) >= 11 is 6.04. The molecule has 0 spiro atoms. The van der Waals surface area contributed by atoms with Crippen LogP contribution in [0.4, 0.5) is 4.39 Å². The average molecular weight is 420 g/mol. The van der Waals surface area contributed by atoms with Crippen LogP contribution in [0.5, 0.6) is 0 Å². The van der Waals surface area contributed by atoms with E-state index in [-0.39, 0.29) is 11.7 Å². The van der Waals surface area contributed by atoms with Crippen molar-refractivity contribution in [3.63, 3.8) is 0 Å². The molecule has 1 N–H and O–H groups in total. The molecule has 4 aromatic rings. The van der Waals surface area contributed by atoms with E-state index in [1.165, 1.54) is 12.1 Å². The van der Waals surface area contributed by atoms with Crippen LogP contribution in [0.25, 0.3) is 16.9 Å². The summed E-state index contributed by atoms with van der Waals surface area (Å²) in [7, 11) is 0. The summed E-state index contributed by atoms with van der Waals surface area (Å²) in [5.74, 6) is -0.549. The van der Waals surface area contributed by atoms with Gasteiger partial charge in [0.15, 0.2) is 0 Å². The molecule has 1 amide bonds. The van der Waals surface area contributed by atoms with Gasteiger partial charge >= 0.3 is 0 Å². The minimum Gasteiger partial charge on any atom is -0.348 e. The van der Waals surface area contributed by atoms with Crippen molar-refractivity contribution in [3.05, 3.63) is 107 Å². The Hall–Kier alpha value is -3.44. The van der Waals surface area contributed by atoms with E-state index in [0.29, 0.717) is 28.5 Å². The maximum atomic E-state index is 13.9. The molecule has 2 aromatic heterocycles. The maximum absolute atomic E-state index is 13.9. The molecule has 30 heavy (non-hydrogen) atoms. The van der Waals surface area contributed by atoms with Gasteiger partial charge in [-0.15, -0.1) is 0 Å². The Morgan fingerprint density at radius 3 is 2.60 bits per heavy atom. The number of pyridine rings is 1. The lowest BCUT2D eigenvalue weighted by molar-refractivity contribution is 0.0950. The van der Waals surface area contributed by atoms with Crippen molar-refractivity contribution in [1.82, 2.24) is 14.9 Å². The van der Waals surface area contributed by atoms with Crippen LogP contribution in [0.1, 0.15) is 21.6 Å². The van der Waals surface area contributed by atoms with Gasteiger partial charge in [0.1, 0.15) is 5.82 Å². The van der Waals surface area contributed by atoms with Gasteiger partial charge in [-0.2, -0.15) is 0 Å². The Kier molecular flexibility index (Phi) is 5.63. The lowest BCUT2D eigenvalue weighted by atomic mass is 10.1. The third-order valence-electron chi connectivity index (χ3n) is 4.87. The minimum atomic E-state index is -0.342. The molecular weight excluding hydrogens is 401 g/mol. The van der Waals surface area contributed by atoms with E-state index in [2.05, 4.69) is 10.3 Å². The fourth-order valence-electron chi connectivity index (χ4n) is 3.40. The molecule has 150 valence electrons. The molecule has 0 atom stereocenters. The van der Waals surface area contributed by atoms with Gasteiger partial charge in [-0.1, -0.05) is 35.9 Å². The maximum Gasteiger partial charge on any atom is 0.253 e. The SMILES string of the molecule is Cc1c(C(=O)NCc2cccnc2)cc(-c2ccc(Cl)cc2)n1-c1cccc(F)c1. The number of hydrogen-bond donors (Lipinski definition) is 1. The van der Waals surface area contributed by atoms with Crippen molar-refractivity contribution in [3.8, 4) is 16.9 Å². The number of rotatable bonds is 5. The number of nitrogens with one attached hydrogen (secondary N) is 1. The van der Waals surface area contributed by atoms with Gasteiger partial charge in [-0.25, -0.2) is 4.39 Å². The number of amides is 1. The molecule has 4 rings (SSSR count). The molecule has 0 radical (unpaired) electrons. The highest BCUT2D eigenvalue weighted by atomic mass is 35.5. The van der Waals surface area contributed by atoms with E-state index in [4.69, 9.17) is 11.6 Å². The lowest BCUT2D eigenvalue weighted by Crippen LogP contribution is -2.23. The van der Waals surface area contributed by atoms with E-state index in [9.17, 15) is 9.18 Å². The highest BCUT2D eigenvalue weighted by molar-refractivity contribution is 6.30. The van der Waals surface area contributed by atoms with Crippen LogP contribution in [0.15, 0.2) is 79.1 Å². The molecule has 0 fully saturated rings. The van der Waals surface area contributed by atoms with Gasteiger partial charge in [0, 0.05) is 35.3 Å². The third kappa shape index (κ3) is 4.11. The highest BCUT2D eigenvalue weighted by Crippen LogP contribution is 2.30. The monoisotopic (exact) mass is 419 g/mol. The van der Waals surface area contributed by atoms with Gasteiger partial charge in [-0.3, -0.25) is 9.78 Å². The van der Waals surface area contributed by atoms with Crippen molar-refractivity contribution >= 4 is 17.5 Å². The van der Waals surface area contributed by atoms with Crippen LogP contribution in [-0.2, 0) is 6.54 Å². The fraction of sp³-hybridized carbons (Fsp3) is 0.0833. The zero-order chi connectivity index (χ0) is 21.1. The zero-order valence-corrected chi connectivity index (χ0v) is 17.0. The minimum absolute atomic E-state index is 0.207. The number of carbonyl (C=O) groups excluding carboxylic acids is 1. The normalized spacial score (nSPS) is 10.8. The number of nitrogens with zero attached hydrogens (tertiary/aromatic N) is 2. The van der Waals surface area contributed by atoms with Crippen LogP contribution in [0.3, 0.4) is 0 Å².